The predicted octanol–water partition coefficient (Wildman–Crippen LogP) is 2.27. The van der Waals surface area contributed by atoms with E-state index in [1.165, 1.54) is 16.8 Å². The second kappa shape index (κ2) is 7.45. The number of aromatic carboxylic acids is 1. The number of carbonyl (C=O) groups excluding carboxylic acids is 1. The number of nitrogens with zero attached hydrogens (tertiary/aromatic N) is 2. The van der Waals surface area contributed by atoms with E-state index in [2.05, 4.69) is 10.4 Å². The molecule has 8 nitrogen and oxygen atoms in total. The molecule has 0 atom stereocenters. The third-order valence-electron chi connectivity index (χ3n) is 3.92. The zero-order valence-electron chi connectivity index (χ0n) is 14.9. The molecule has 2 heterocycles. The molecule has 0 spiro atoms. The average molecular weight is 369 g/mol. The molecule has 0 aliphatic carbocycles. The molecule has 8 heteroatoms. The van der Waals surface area contributed by atoms with Crippen LogP contribution >= 0.6 is 0 Å². The lowest BCUT2D eigenvalue weighted by molar-refractivity contribution is 0.0660. The van der Waals surface area contributed by atoms with E-state index < -0.39 is 11.9 Å². The number of furan rings is 1. The molecule has 1 aromatic carbocycles. The normalized spacial score (nSPS) is 11.1. The van der Waals surface area contributed by atoms with Crippen LogP contribution in [0.25, 0.3) is 10.8 Å². The van der Waals surface area contributed by atoms with Gasteiger partial charge in [-0.15, -0.1) is 0 Å². The summed E-state index contributed by atoms with van der Waals surface area (Å²) < 4.78 is 6.43. The van der Waals surface area contributed by atoms with Gasteiger partial charge in [0.15, 0.2) is 5.69 Å². The monoisotopic (exact) mass is 369 g/mol. The van der Waals surface area contributed by atoms with Gasteiger partial charge in [0.25, 0.3) is 11.5 Å². The number of fused-ring (bicyclic) bond motifs is 1. The Hall–Kier alpha value is -3.42. The number of amides is 1. The molecule has 0 fully saturated rings. The maximum absolute atomic E-state index is 12.7. The minimum Gasteiger partial charge on any atom is -0.475 e. The van der Waals surface area contributed by atoms with Gasteiger partial charge < -0.3 is 14.8 Å². The van der Waals surface area contributed by atoms with Crippen molar-refractivity contribution in [1.82, 2.24) is 15.1 Å². The Kier molecular flexibility index (Phi) is 5.07. The van der Waals surface area contributed by atoms with Gasteiger partial charge in [0.1, 0.15) is 5.76 Å². The Morgan fingerprint density at radius 1 is 1.19 bits per heavy atom. The van der Waals surface area contributed by atoms with Crippen LogP contribution in [0.3, 0.4) is 0 Å². The quantitative estimate of drug-likeness (QED) is 0.689. The molecule has 0 aliphatic heterocycles. The van der Waals surface area contributed by atoms with E-state index in [1.54, 1.807) is 24.3 Å². The van der Waals surface area contributed by atoms with Crippen LogP contribution in [0.15, 0.2) is 45.6 Å². The van der Waals surface area contributed by atoms with Crippen molar-refractivity contribution in [3.8, 4) is 0 Å². The molecule has 0 aliphatic rings. The first-order valence-corrected chi connectivity index (χ1v) is 8.47. The summed E-state index contributed by atoms with van der Waals surface area (Å²) >= 11 is 0. The van der Waals surface area contributed by atoms with Gasteiger partial charge in [-0.05, 0) is 24.1 Å². The highest BCUT2D eigenvalue weighted by atomic mass is 16.4. The van der Waals surface area contributed by atoms with Crippen LogP contribution in [0.2, 0.25) is 0 Å². The Bertz CT molecular complexity index is 1060. The molecular weight excluding hydrogens is 350 g/mol. The summed E-state index contributed by atoms with van der Waals surface area (Å²) in [5, 5.41) is 16.7. The zero-order valence-corrected chi connectivity index (χ0v) is 14.9. The fourth-order valence-electron chi connectivity index (χ4n) is 2.71. The van der Waals surface area contributed by atoms with Crippen molar-refractivity contribution in [2.75, 3.05) is 0 Å². The molecule has 3 aromatic rings. The summed E-state index contributed by atoms with van der Waals surface area (Å²) in [5.74, 6) is -1.36. The standard InChI is InChI=1S/C19H19N3O5/c1-11(2)10-22-18(24)14-6-4-3-5-13(14)16(21-22)17(23)20-9-12-7-8-15(27-12)19(25)26/h3-8,11H,9-10H2,1-2H3,(H,20,23)(H,25,26). The number of hydrogen-bond acceptors (Lipinski definition) is 5. The second-order valence-corrected chi connectivity index (χ2v) is 6.53. The molecule has 2 N–H and O–H groups in total. The van der Waals surface area contributed by atoms with Crippen LogP contribution in [-0.2, 0) is 13.1 Å². The largest absolute Gasteiger partial charge is 0.475 e. The third kappa shape index (κ3) is 3.89. The van der Waals surface area contributed by atoms with Crippen LogP contribution in [0.4, 0.5) is 0 Å². The lowest BCUT2D eigenvalue weighted by Crippen LogP contribution is -2.31. The topological polar surface area (TPSA) is 114 Å². The molecule has 0 radical (unpaired) electrons. The van der Waals surface area contributed by atoms with Crippen molar-refractivity contribution in [1.29, 1.82) is 0 Å². The van der Waals surface area contributed by atoms with E-state index in [4.69, 9.17) is 9.52 Å². The fourth-order valence-corrected chi connectivity index (χ4v) is 2.71. The van der Waals surface area contributed by atoms with Crippen molar-refractivity contribution < 1.29 is 19.1 Å². The van der Waals surface area contributed by atoms with Gasteiger partial charge in [-0.1, -0.05) is 32.0 Å². The highest BCUT2D eigenvalue weighted by Crippen LogP contribution is 2.14. The van der Waals surface area contributed by atoms with Gasteiger partial charge in [0.2, 0.25) is 5.76 Å². The van der Waals surface area contributed by atoms with Crippen LogP contribution in [-0.4, -0.2) is 26.8 Å². The molecule has 0 saturated heterocycles. The van der Waals surface area contributed by atoms with Crippen molar-refractivity contribution in [3.05, 3.63) is 64.0 Å². The molecular formula is C19H19N3O5. The first kappa shape index (κ1) is 18.4. The van der Waals surface area contributed by atoms with Gasteiger partial charge in [0, 0.05) is 11.9 Å². The summed E-state index contributed by atoms with van der Waals surface area (Å²) in [5.41, 5.74) is -0.108. The smallest absolute Gasteiger partial charge is 0.371 e. The van der Waals surface area contributed by atoms with E-state index in [9.17, 15) is 14.4 Å². The van der Waals surface area contributed by atoms with E-state index in [1.807, 2.05) is 13.8 Å². The maximum Gasteiger partial charge on any atom is 0.371 e. The number of benzene rings is 1. The highest BCUT2D eigenvalue weighted by molar-refractivity contribution is 6.04. The van der Waals surface area contributed by atoms with Gasteiger partial charge in [-0.3, -0.25) is 9.59 Å². The minimum absolute atomic E-state index is 0.00538. The molecule has 3 rings (SSSR count). The van der Waals surface area contributed by atoms with Crippen LogP contribution < -0.4 is 10.9 Å². The van der Waals surface area contributed by atoms with E-state index >= 15 is 0 Å². The molecule has 0 unspecified atom stereocenters. The van der Waals surface area contributed by atoms with Gasteiger partial charge in [-0.2, -0.15) is 5.10 Å². The first-order valence-electron chi connectivity index (χ1n) is 8.47. The Labute approximate surface area is 154 Å². The Morgan fingerprint density at radius 2 is 1.89 bits per heavy atom. The second-order valence-electron chi connectivity index (χ2n) is 6.53. The fraction of sp³-hybridized carbons (Fsp3) is 0.263. The zero-order chi connectivity index (χ0) is 19.6. The molecule has 2 aromatic heterocycles. The van der Waals surface area contributed by atoms with Crippen molar-refractivity contribution in [2.24, 2.45) is 5.92 Å². The van der Waals surface area contributed by atoms with Crippen molar-refractivity contribution >= 4 is 22.6 Å². The van der Waals surface area contributed by atoms with Crippen molar-refractivity contribution in [3.63, 3.8) is 0 Å². The SMILES string of the molecule is CC(C)Cn1nc(C(=O)NCc2ccc(C(=O)O)o2)c2ccccc2c1=O. The van der Waals surface area contributed by atoms with Crippen LogP contribution in [0.1, 0.15) is 40.7 Å². The lowest BCUT2D eigenvalue weighted by Gasteiger charge is -2.12. The van der Waals surface area contributed by atoms with E-state index in [0.29, 0.717) is 23.1 Å². The summed E-state index contributed by atoms with van der Waals surface area (Å²) in [6.45, 7) is 4.32. The summed E-state index contributed by atoms with van der Waals surface area (Å²) in [4.78, 5) is 36.1. The summed E-state index contributed by atoms with van der Waals surface area (Å²) in [6.07, 6.45) is 0. The number of carboxylic acids is 1. The molecule has 27 heavy (non-hydrogen) atoms. The molecule has 0 bridgehead atoms. The van der Waals surface area contributed by atoms with Crippen molar-refractivity contribution in [2.45, 2.75) is 26.9 Å². The number of rotatable bonds is 6. The molecule has 0 saturated carbocycles. The van der Waals surface area contributed by atoms with E-state index in [-0.39, 0.29) is 29.5 Å². The van der Waals surface area contributed by atoms with Gasteiger partial charge in [0.05, 0.1) is 11.9 Å². The Morgan fingerprint density at radius 3 is 2.52 bits per heavy atom. The van der Waals surface area contributed by atoms with Crippen LogP contribution in [0.5, 0.6) is 0 Å². The minimum atomic E-state index is -1.18. The lowest BCUT2D eigenvalue weighted by atomic mass is 10.1. The molecule has 1 amide bonds. The number of carbonyl (C=O) groups is 2. The summed E-state index contributed by atoms with van der Waals surface area (Å²) in [7, 11) is 0. The van der Waals surface area contributed by atoms with Gasteiger partial charge >= 0.3 is 5.97 Å². The van der Waals surface area contributed by atoms with Gasteiger partial charge in [-0.25, -0.2) is 9.48 Å². The Balaban J connectivity index is 1.91. The number of aromatic nitrogens is 2. The number of hydrogen-bond donors (Lipinski definition) is 2. The van der Waals surface area contributed by atoms with E-state index in [0.717, 1.165) is 0 Å². The maximum atomic E-state index is 12.7. The molecule has 140 valence electrons. The third-order valence-corrected chi connectivity index (χ3v) is 3.92. The predicted molar refractivity (Wildman–Crippen MR) is 97.7 cm³/mol. The summed E-state index contributed by atoms with van der Waals surface area (Å²) in [6, 6.07) is 9.61. The number of nitrogens with one attached hydrogen (secondary N) is 1. The average Bonchev–Trinajstić information content (AvgIpc) is 3.11. The number of carboxylic acid groups (broad SMARTS) is 1. The first-order chi connectivity index (χ1) is 12.9. The van der Waals surface area contributed by atoms with Crippen LogP contribution in [0, 0.1) is 5.92 Å². The highest BCUT2D eigenvalue weighted by Gasteiger charge is 2.18.